The number of ether oxygens (including phenoxy) is 2. The van der Waals surface area contributed by atoms with E-state index in [9.17, 15) is 0 Å². The molecule has 0 amide bonds. The second kappa shape index (κ2) is 6.60. The molecule has 1 fully saturated rings. The van der Waals surface area contributed by atoms with Gasteiger partial charge in [-0.05, 0) is 37.0 Å². The molecule has 1 aliphatic carbocycles. The van der Waals surface area contributed by atoms with Crippen molar-refractivity contribution < 1.29 is 9.47 Å². The quantitative estimate of drug-likeness (QED) is 0.808. The molecule has 0 bridgehead atoms. The lowest BCUT2D eigenvalue weighted by molar-refractivity contribution is 0.366. The lowest BCUT2D eigenvalue weighted by atomic mass is 9.89. The van der Waals surface area contributed by atoms with Gasteiger partial charge in [-0.3, -0.25) is 5.41 Å². The topological polar surface area (TPSA) is 66.2 Å². The molecule has 0 atom stereocenters. The zero-order chi connectivity index (χ0) is 15.4. The Balaban J connectivity index is 1.68. The number of hydrogen-bond donors (Lipinski definition) is 2. The minimum absolute atomic E-state index is 0.0606. The monoisotopic (exact) mass is 296 g/mol. The summed E-state index contributed by atoms with van der Waals surface area (Å²) in [4.78, 5) is 0. The van der Waals surface area contributed by atoms with E-state index in [4.69, 9.17) is 20.3 Å². The number of fused-ring (bicyclic) bond motifs is 1. The molecule has 2 N–H and O–H groups in total. The third-order valence-corrected chi connectivity index (χ3v) is 3.99. The molecule has 1 heterocycles. The molecule has 3 rings (SSSR count). The van der Waals surface area contributed by atoms with Crippen LogP contribution in [-0.4, -0.2) is 11.6 Å². The predicted octanol–water partition coefficient (Wildman–Crippen LogP) is 4.48. The van der Waals surface area contributed by atoms with Gasteiger partial charge in [0.15, 0.2) is 17.3 Å². The number of para-hydroxylation sites is 2. The van der Waals surface area contributed by atoms with Crippen molar-refractivity contribution in [2.75, 3.05) is 0 Å². The third kappa shape index (κ3) is 3.45. The molecule has 0 radical (unpaired) electrons. The second-order valence-electron chi connectivity index (χ2n) is 5.70. The highest BCUT2D eigenvalue weighted by atomic mass is 16.6. The van der Waals surface area contributed by atoms with Gasteiger partial charge in [0.2, 0.25) is 0 Å². The van der Waals surface area contributed by atoms with Crippen molar-refractivity contribution in [3.05, 3.63) is 48.3 Å². The number of rotatable bonds is 3. The molecule has 1 aliphatic heterocycles. The molecule has 22 heavy (non-hydrogen) atoms. The van der Waals surface area contributed by atoms with Gasteiger partial charge in [-0.1, -0.05) is 37.5 Å². The van der Waals surface area contributed by atoms with Crippen molar-refractivity contribution in [2.24, 2.45) is 5.92 Å². The Labute approximate surface area is 130 Å². The van der Waals surface area contributed by atoms with Gasteiger partial charge < -0.3 is 14.9 Å². The normalized spacial score (nSPS) is 20.5. The molecule has 4 heteroatoms. The zero-order valence-corrected chi connectivity index (χ0v) is 12.5. The third-order valence-electron chi connectivity index (χ3n) is 3.99. The van der Waals surface area contributed by atoms with Gasteiger partial charge in [-0.15, -0.1) is 0 Å². The van der Waals surface area contributed by atoms with E-state index in [1.807, 2.05) is 12.1 Å². The highest BCUT2D eigenvalue weighted by molar-refractivity contribution is 6.07. The van der Waals surface area contributed by atoms with Crippen LogP contribution < -0.4 is 9.47 Å². The summed E-state index contributed by atoms with van der Waals surface area (Å²) in [7, 11) is 0. The van der Waals surface area contributed by atoms with E-state index in [2.05, 4.69) is 6.08 Å². The second-order valence-corrected chi connectivity index (χ2v) is 5.70. The number of benzene rings is 1. The van der Waals surface area contributed by atoms with Crippen LogP contribution in [0.3, 0.4) is 0 Å². The Kier molecular flexibility index (Phi) is 4.37. The molecular formula is C18H20N2O2. The Morgan fingerprint density at radius 3 is 2.45 bits per heavy atom. The highest BCUT2D eigenvalue weighted by Crippen LogP contribution is 2.32. The zero-order valence-electron chi connectivity index (χ0n) is 12.5. The molecular weight excluding hydrogens is 276 g/mol. The van der Waals surface area contributed by atoms with E-state index in [-0.39, 0.29) is 11.7 Å². The summed E-state index contributed by atoms with van der Waals surface area (Å²) in [5.41, 5.74) is 0.327. The lowest BCUT2D eigenvalue weighted by Crippen LogP contribution is -2.21. The smallest absolute Gasteiger partial charge is 0.255 e. The van der Waals surface area contributed by atoms with Gasteiger partial charge in [-0.2, -0.15) is 0 Å². The lowest BCUT2D eigenvalue weighted by Gasteiger charge is -2.20. The first-order valence-corrected chi connectivity index (χ1v) is 7.74. The van der Waals surface area contributed by atoms with Crippen LogP contribution in [0.2, 0.25) is 0 Å². The summed E-state index contributed by atoms with van der Waals surface area (Å²) in [5, 5.41) is 15.9. The summed E-state index contributed by atoms with van der Waals surface area (Å²) < 4.78 is 11.1. The van der Waals surface area contributed by atoms with Crippen molar-refractivity contribution in [3.63, 3.8) is 0 Å². The van der Waals surface area contributed by atoms with E-state index in [0.29, 0.717) is 23.1 Å². The summed E-state index contributed by atoms with van der Waals surface area (Å²) in [6.07, 6.45) is 11.8. The van der Waals surface area contributed by atoms with Gasteiger partial charge in [-0.25, -0.2) is 0 Å². The first kappa shape index (κ1) is 14.6. The molecule has 2 aliphatic rings. The maximum absolute atomic E-state index is 8.02. The predicted molar refractivity (Wildman–Crippen MR) is 86.9 cm³/mol. The van der Waals surface area contributed by atoms with Gasteiger partial charge in [0.1, 0.15) is 0 Å². The van der Waals surface area contributed by atoms with Crippen LogP contribution in [0.5, 0.6) is 11.5 Å². The molecule has 1 aromatic carbocycles. The maximum atomic E-state index is 8.02. The van der Waals surface area contributed by atoms with E-state index >= 15 is 0 Å². The number of hydrogen-bond acceptors (Lipinski definition) is 4. The highest BCUT2D eigenvalue weighted by Gasteiger charge is 2.21. The number of allylic oxidation sites excluding steroid dienone is 3. The Morgan fingerprint density at radius 2 is 1.73 bits per heavy atom. The fraction of sp³-hybridized carbons (Fsp3) is 0.333. The van der Waals surface area contributed by atoms with E-state index in [1.54, 1.807) is 18.2 Å². The molecule has 114 valence electrons. The molecule has 1 aromatic rings. The SMILES string of the molecule is N=C(/C=C/C1CCCCC1)/C=C1/Oc2ccccc2OC1=N. The van der Waals surface area contributed by atoms with Crippen molar-refractivity contribution in [1.82, 2.24) is 0 Å². The first-order chi connectivity index (χ1) is 10.7. The number of nitrogens with one attached hydrogen (secondary N) is 2. The fourth-order valence-electron chi connectivity index (χ4n) is 2.79. The summed E-state index contributed by atoms with van der Waals surface area (Å²) in [5.74, 6) is 1.91. The van der Waals surface area contributed by atoms with Gasteiger partial charge >= 0.3 is 0 Å². The summed E-state index contributed by atoms with van der Waals surface area (Å²) in [6.45, 7) is 0. The molecule has 1 saturated carbocycles. The van der Waals surface area contributed by atoms with Crippen LogP contribution in [0, 0.1) is 16.7 Å². The van der Waals surface area contributed by atoms with Crippen LogP contribution in [0.15, 0.2) is 48.3 Å². The van der Waals surface area contributed by atoms with Crippen LogP contribution in [0.1, 0.15) is 32.1 Å². The van der Waals surface area contributed by atoms with Gasteiger partial charge in [0.25, 0.3) is 5.90 Å². The minimum atomic E-state index is -0.0606. The van der Waals surface area contributed by atoms with Gasteiger partial charge in [0, 0.05) is 6.08 Å². The summed E-state index contributed by atoms with van der Waals surface area (Å²) >= 11 is 0. The van der Waals surface area contributed by atoms with Crippen LogP contribution in [0.25, 0.3) is 0 Å². The van der Waals surface area contributed by atoms with E-state index < -0.39 is 0 Å². The first-order valence-electron chi connectivity index (χ1n) is 7.74. The summed E-state index contributed by atoms with van der Waals surface area (Å²) in [6, 6.07) is 7.23. The average Bonchev–Trinajstić information content (AvgIpc) is 2.55. The Morgan fingerprint density at radius 1 is 1.05 bits per heavy atom. The van der Waals surface area contributed by atoms with Crippen molar-refractivity contribution in [3.8, 4) is 11.5 Å². The molecule has 0 aromatic heterocycles. The molecule has 0 unspecified atom stereocenters. The van der Waals surface area contributed by atoms with E-state index in [1.165, 1.54) is 38.2 Å². The fourth-order valence-corrected chi connectivity index (χ4v) is 2.79. The largest absolute Gasteiger partial charge is 0.448 e. The van der Waals surface area contributed by atoms with Crippen molar-refractivity contribution in [2.45, 2.75) is 32.1 Å². The van der Waals surface area contributed by atoms with E-state index in [0.717, 1.165) is 0 Å². The maximum Gasteiger partial charge on any atom is 0.255 e. The molecule has 4 nitrogen and oxygen atoms in total. The van der Waals surface area contributed by atoms with Crippen LogP contribution >= 0.6 is 0 Å². The van der Waals surface area contributed by atoms with Crippen LogP contribution in [-0.2, 0) is 0 Å². The van der Waals surface area contributed by atoms with Crippen LogP contribution in [0.4, 0.5) is 0 Å². The van der Waals surface area contributed by atoms with Gasteiger partial charge in [0.05, 0.1) is 5.71 Å². The Bertz CT molecular complexity index is 640. The average molecular weight is 296 g/mol. The van der Waals surface area contributed by atoms with Crippen molar-refractivity contribution >= 4 is 11.6 Å². The Hall–Kier alpha value is -2.36. The standard InChI is InChI=1S/C18H20N2O2/c19-14(11-10-13-6-2-1-3-7-13)12-17-18(20)22-16-9-5-4-8-15(16)21-17/h4-5,8-13,19-20H,1-3,6-7H2/b11-10+,17-12+,19-14?,20-18?. The minimum Gasteiger partial charge on any atom is -0.448 e. The van der Waals surface area contributed by atoms with Crippen molar-refractivity contribution in [1.29, 1.82) is 10.8 Å². The molecule has 0 spiro atoms. The molecule has 0 saturated heterocycles.